The van der Waals surface area contributed by atoms with Gasteiger partial charge in [0.1, 0.15) is 6.04 Å². The molecule has 5 rings (SSSR count). The number of aromatic nitrogens is 2. The molecule has 1 unspecified atom stereocenters. The third-order valence-electron chi connectivity index (χ3n) is 6.58. The quantitative estimate of drug-likeness (QED) is 0.152. The van der Waals surface area contributed by atoms with Crippen LogP contribution in [0.5, 0.6) is 0 Å². The van der Waals surface area contributed by atoms with E-state index in [1.54, 1.807) is 36.4 Å². The summed E-state index contributed by atoms with van der Waals surface area (Å²) >= 11 is 1.28. The number of halogens is 3. The Morgan fingerprint density at radius 2 is 1.51 bits per heavy atom. The van der Waals surface area contributed by atoms with E-state index in [4.69, 9.17) is 0 Å². The molecular weight excluding hydrogens is 577 g/mol. The highest BCUT2D eigenvalue weighted by molar-refractivity contribution is 7.98. The minimum atomic E-state index is -4.50. The van der Waals surface area contributed by atoms with Gasteiger partial charge in [0.05, 0.1) is 11.3 Å². The summed E-state index contributed by atoms with van der Waals surface area (Å²) in [5.41, 5.74) is 2.79. The summed E-state index contributed by atoms with van der Waals surface area (Å²) in [5, 5.41) is 15.3. The predicted octanol–water partition coefficient (Wildman–Crippen LogP) is 7.43. The number of amides is 2. The lowest BCUT2D eigenvalue weighted by atomic mass is 10.1. The molecule has 0 bridgehead atoms. The average Bonchev–Trinajstić information content (AvgIpc) is 3.00. The summed E-state index contributed by atoms with van der Waals surface area (Å²) < 4.78 is 40.4. The van der Waals surface area contributed by atoms with Gasteiger partial charge in [-0.15, -0.1) is 11.8 Å². The molecule has 2 heterocycles. The first kappa shape index (κ1) is 29.6. The molecule has 0 spiro atoms. The van der Waals surface area contributed by atoms with Crippen molar-refractivity contribution in [1.29, 1.82) is 0 Å². The zero-order valence-corrected chi connectivity index (χ0v) is 23.3. The number of benzene rings is 3. The molecule has 1 atom stereocenters. The fourth-order valence-corrected chi connectivity index (χ4v) is 5.45. The summed E-state index contributed by atoms with van der Waals surface area (Å²) in [6.45, 7) is 0. The monoisotopic (exact) mass is 602 g/mol. The van der Waals surface area contributed by atoms with E-state index >= 15 is 0 Å². The van der Waals surface area contributed by atoms with Crippen LogP contribution < -0.4 is 10.6 Å². The van der Waals surface area contributed by atoms with Crippen LogP contribution in [0.25, 0.3) is 21.9 Å². The second-order valence-corrected chi connectivity index (χ2v) is 10.6. The number of carbonyl (C=O) groups excluding carboxylic acids is 1. The number of hydrogen-bond acceptors (Lipinski definition) is 5. The molecule has 0 aliphatic rings. The molecule has 0 aliphatic heterocycles. The molecule has 11 heteroatoms. The Bertz CT molecular complexity index is 1750. The Hall–Kier alpha value is -4.90. The number of aliphatic carboxylic acids is 1. The molecule has 5 aromatic rings. The zero-order chi connectivity index (χ0) is 30.4. The first-order valence-corrected chi connectivity index (χ1v) is 14.1. The minimum absolute atomic E-state index is 0.0162. The van der Waals surface area contributed by atoms with Crippen LogP contribution in [-0.2, 0) is 23.1 Å². The maximum Gasteiger partial charge on any atom is 0.417 e. The lowest BCUT2D eigenvalue weighted by Crippen LogP contribution is -2.44. The van der Waals surface area contributed by atoms with E-state index in [1.165, 1.54) is 30.2 Å². The Morgan fingerprint density at radius 3 is 2.23 bits per heavy atom. The Labute approximate surface area is 249 Å². The third-order valence-corrected chi connectivity index (χ3v) is 7.66. The van der Waals surface area contributed by atoms with E-state index in [-0.39, 0.29) is 11.8 Å². The molecular formula is C32H25F3N4O3S. The van der Waals surface area contributed by atoms with Crippen molar-refractivity contribution in [1.82, 2.24) is 15.3 Å². The van der Waals surface area contributed by atoms with Crippen LogP contribution in [0.1, 0.15) is 17.0 Å². The van der Waals surface area contributed by atoms with Gasteiger partial charge >= 0.3 is 18.2 Å². The molecule has 2 aromatic heterocycles. The highest BCUT2D eigenvalue weighted by Gasteiger charge is 2.32. The molecule has 3 N–H and O–H groups in total. The predicted molar refractivity (Wildman–Crippen MR) is 160 cm³/mol. The average molecular weight is 603 g/mol. The second kappa shape index (κ2) is 13.0. The van der Waals surface area contributed by atoms with Crippen LogP contribution in [0.3, 0.4) is 0 Å². The number of nitrogens with zero attached hydrogens (tertiary/aromatic N) is 2. The number of rotatable bonds is 9. The number of carboxylic acid groups (broad SMARTS) is 1. The molecule has 218 valence electrons. The smallest absolute Gasteiger partial charge is 0.417 e. The normalized spacial score (nSPS) is 12.1. The molecule has 43 heavy (non-hydrogen) atoms. The van der Waals surface area contributed by atoms with E-state index in [2.05, 4.69) is 20.6 Å². The largest absolute Gasteiger partial charge is 0.480 e. The third kappa shape index (κ3) is 7.49. The molecule has 0 aliphatic carbocycles. The summed E-state index contributed by atoms with van der Waals surface area (Å²) in [6.07, 6.45) is -1.86. The van der Waals surface area contributed by atoms with Crippen molar-refractivity contribution in [2.45, 2.75) is 29.3 Å². The summed E-state index contributed by atoms with van der Waals surface area (Å²) in [5.74, 6) is -0.909. The molecule has 0 radical (unpaired) electrons. The van der Waals surface area contributed by atoms with Gasteiger partial charge < -0.3 is 15.7 Å². The van der Waals surface area contributed by atoms with Gasteiger partial charge in [0.25, 0.3) is 0 Å². The maximum atomic E-state index is 13.5. The van der Waals surface area contributed by atoms with E-state index in [0.29, 0.717) is 33.1 Å². The molecule has 2 amide bonds. The lowest BCUT2D eigenvalue weighted by molar-refractivity contribution is -0.139. The maximum absolute atomic E-state index is 13.5. The highest BCUT2D eigenvalue weighted by atomic mass is 32.2. The number of alkyl halides is 3. The van der Waals surface area contributed by atoms with Gasteiger partial charge in [0.2, 0.25) is 0 Å². The van der Waals surface area contributed by atoms with Crippen molar-refractivity contribution in [2.24, 2.45) is 0 Å². The van der Waals surface area contributed by atoms with Crippen LogP contribution in [0.4, 0.5) is 23.7 Å². The van der Waals surface area contributed by atoms with Gasteiger partial charge in [-0.25, -0.2) is 9.59 Å². The number of carboxylic acids is 1. The molecule has 0 saturated heterocycles. The summed E-state index contributed by atoms with van der Waals surface area (Å²) in [4.78, 5) is 33.6. The number of carbonyl (C=O) groups is 2. The Morgan fingerprint density at radius 1 is 0.814 bits per heavy atom. The Balaban J connectivity index is 1.22. The number of fused-ring (bicyclic) bond motifs is 1. The summed E-state index contributed by atoms with van der Waals surface area (Å²) in [6, 6.07) is 24.1. The number of anilines is 1. The van der Waals surface area contributed by atoms with Crippen LogP contribution in [0.15, 0.2) is 108 Å². The van der Waals surface area contributed by atoms with E-state index in [9.17, 15) is 27.9 Å². The number of thioether (sulfide) groups is 1. The molecule has 0 saturated carbocycles. The van der Waals surface area contributed by atoms with Crippen molar-refractivity contribution in [3.8, 4) is 11.1 Å². The van der Waals surface area contributed by atoms with Gasteiger partial charge in [-0.05, 0) is 46.8 Å². The van der Waals surface area contributed by atoms with Crippen molar-refractivity contribution in [3.05, 3.63) is 120 Å². The number of nitrogens with one attached hydrogen (secondary N) is 2. The first-order chi connectivity index (χ1) is 20.7. The van der Waals surface area contributed by atoms with Gasteiger partial charge in [-0.3, -0.25) is 9.97 Å². The van der Waals surface area contributed by atoms with E-state index < -0.39 is 29.8 Å². The number of pyridine rings is 2. The number of hydrogen-bond donors (Lipinski definition) is 3. The standard InChI is InChI=1S/C32H25F3N4O3S/c33-32(34,35)27-11-5-10-25-26(27)17-36-18-29(25)43-19-24-9-4-8-23(37-24)16-28(30(40)41)39-31(42)38-22-14-12-21(13-15-22)20-6-2-1-3-7-20/h1-15,17-18,28H,16,19H2,(H,40,41)(H2,38,39,42). The van der Waals surface area contributed by atoms with Crippen LogP contribution >= 0.6 is 11.8 Å². The topological polar surface area (TPSA) is 104 Å². The fourth-order valence-electron chi connectivity index (χ4n) is 4.52. The molecule has 0 fully saturated rings. The van der Waals surface area contributed by atoms with Gasteiger partial charge in [0.15, 0.2) is 0 Å². The molecule has 3 aromatic carbocycles. The number of urea groups is 1. The van der Waals surface area contributed by atoms with Crippen molar-refractivity contribution in [2.75, 3.05) is 5.32 Å². The van der Waals surface area contributed by atoms with Crippen LogP contribution in [0.2, 0.25) is 0 Å². The Kier molecular flexibility index (Phi) is 8.91. The SMILES string of the molecule is O=C(Nc1ccc(-c2ccccc2)cc1)NC(Cc1cccc(CSc2cncc3c(C(F)(F)F)cccc23)n1)C(=O)O. The van der Waals surface area contributed by atoms with E-state index in [0.717, 1.165) is 17.2 Å². The second-order valence-electron chi connectivity index (χ2n) is 9.58. The van der Waals surface area contributed by atoms with E-state index in [1.807, 2.05) is 42.5 Å². The lowest BCUT2D eigenvalue weighted by Gasteiger charge is -2.16. The van der Waals surface area contributed by atoms with Gasteiger partial charge in [0, 0.05) is 46.2 Å². The summed E-state index contributed by atoms with van der Waals surface area (Å²) in [7, 11) is 0. The van der Waals surface area contributed by atoms with Crippen molar-refractivity contribution < 1.29 is 27.9 Å². The molecule has 7 nitrogen and oxygen atoms in total. The fraction of sp³-hybridized carbons (Fsp3) is 0.125. The van der Waals surface area contributed by atoms with Crippen molar-refractivity contribution >= 4 is 40.2 Å². The van der Waals surface area contributed by atoms with Gasteiger partial charge in [-0.2, -0.15) is 13.2 Å². The van der Waals surface area contributed by atoms with Crippen molar-refractivity contribution in [3.63, 3.8) is 0 Å². The highest BCUT2D eigenvalue weighted by Crippen LogP contribution is 2.37. The van der Waals surface area contributed by atoms with Crippen LogP contribution in [0, 0.1) is 0 Å². The first-order valence-electron chi connectivity index (χ1n) is 13.1. The van der Waals surface area contributed by atoms with Crippen LogP contribution in [-0.4, -0.2) is 33.1 Å². The zero-order valence-electron chi connectivity index (χ0n) is 22.5. The van der Waals surface area contributed by atoms with Gasteiger partial charge in [-0.1, -0.05) is 60.7 Å². The minimum Gasteiger partial charge on any atom is -0.480 e.